The number of hydrogen-bond acceptors (Lipinski definition) is 3. The first-order valence-corrected chi connectivity index (χ1v) is 10.0. The first-order chi connectivity index (χ1) is 13.5. The van der Waals surface area contributed by atoms with E-state index in [0.29, 0.717) is 5.52 Å². The van der Waals surface area contributed by atoms with Gasteiger partial charge in [0.1, 0.15) is 11.6 Å². The lowest BCUT2D eigenvalue weighted by molar-refractivity contribution is 0.0697. The van der Waals surface area contributed by atoms with Gasteiger partial charge in [-0.2, -0.15) is 0 Å². The lowest BCUT2D eigenvalue weighted by Gasteiger charge is -2.42. The van der Waals surface area contributed by atoms with Crippen LogP contribution in [0.5, 0.6) is 5.75 Å². The number of carbonyl (C=O) groups is 1. The summed E-state index contributed by atoms with van der Waals surface area (Å²) < 4.78 is 7.89. The number of benzene rings is 2. The number of methoxy groups -OCH3 is 1. The fourth-order valence-electron chi connectivity index (χ4n) is 4.56. The molecule has 2 aromatic carbocycles. The Morgan fingerprint density at radius 2 is 1.69 bits per heavy atom. The Kier molecular flexibility index (Phi) is 4.26. The molecule has 4 rings (SSSR count). The predicted molar refractivity (Wildman–Crippen MR) is 115 cm³/mol. The van der Waals surface area contributed by atoms with Gasteiger partial charge in [-0.25, -0.2) is 9.78 Å². The summed E-state index contributed by atoms with van der Waals surface area (Å²) in [5, 5.41) is 9.30. The van der Waals surface area contributed by atoms with Gasteiger partial charge in [0, 0.05) is 0 Å². The van der Waals surface area contributed by atoms with Crippen molar-refractivity contribution >= 4 is 17.0 Å². The number of nitrogens with zero attached hydrogens (tertiary/aromatic N) is 2. The van der Waals surface area contributed by atoms with E-state index in [1.165, 1.54) is 11.1 Å². The minimum Gasteiger partial charge on any atom is -0.495 e. The molecule has 0 unspecified atom stereocenters. The van der Waals surface area contributed by atoms with Crippen molar-refractivity contribution in [2.24, 2.45) is 0 Å². The van der Waals surface area contributed by atoms with E-state index in [0.717, 1.165) is 35.6 Å². The maximum Gasteiger partial charge on any atom is 0.335 e. The van der Waals surface area contributed by atoms with Gasteiger partial charge in [-0.3, -0.25) is 4.57 Å². The first kappa shape index (κ1) is 19.5. The Morgan fingerprint density at radius 3 is 2.28 bits per heavy atom. The van der Waals surface area contributed by atoms with Crippen LogP contribution in [-0.2, 0) is 10.8 Å². The van der Waals surface area contributed by atoms with Gasteiger partial charge >= 0.3 is 5.97 Å². The zero-order valence-electron chi connectivity index (χ0n) is 18.0. The molecule has 1 heterocycles. The second-order valence-electron chi connectivity index (χ2n) is 9.34. The van der Waals surface area contributed by atoms with E-state index in [-0.39, 0.29) is 16.4 Å². The number of imidazole rings is 1. The summed E-state index contributed by atoms with van der Waals surface area (Å²) in [4.78, 5) is 16.0. The SMILES string of the molecule is COc1cc2c(cc1-n1c(C)nc3cc(C(=O)O)ccc31)C(C)(C)CCC2(C)C. The molecule has 0 bridgehead atoms. The number of hydrogen-bond donors (Lipinski definition) is 1. The van der Waals surface area contributed by atoms with Crippen molar-refractivity contribution in [1.29, 1.82) is 0 Å². The third kappa shape index (κ3) is 3.00. The van der Waals surface area contributed by atoms with Gasteiger partial charge in [0.2, 0.25) is 0 Å². The van der Waals surface area contributed by atoms with Crippen LogP contribution < -0.4 is 4.74 Å². The van der Waals surface area contributed by atoms with E-state index in [9.17, 15) is 9.90 Å². The quantitative estimate of drug-likeness (QED) is 0.649. The van der Waals surface area contributed by atoms with Crippen LogP contribution in [-0.4, -0.2) is 27.7 Å². The van der Waals surface area contributed by atoms with E-state index in [1.54, 1.807) is 19.2 Å². The van der Waals surface area contributed by atoms with Crippen LogP contribution in [0, 0.1) is 6.92 Å². The van der Waals surface area contributed by atoms with Gasteiger partial charge in [-0.1, -0.05) is 27.7 Å². The van der Waals surface area contributed by atoms with Gasteiger partial charge < -0.3 is 9.84 Å². The van der Waals surface area contributed by atoms with Crippen LogP contribution in [0.2, 0.25) is 0 Å². The Morgan fingerprint density at radius 1 is 1.07 bits per heavy atom. The molecule has 0 amide bonds. The molecule has 0 saturated heterocycles. The van der Waals surface area contributed by atoms with Crippen LogP contribution in [0.25, 0.3) is 16.7 Å². The highest BCUT2D eigenvalue weighted by molar-refractivity contribution is 5.93. The molecule has 0 fully saturated rings. The Bertz CT molecular complexity index is 1140. The summed E-state index contributed by atoms with van der Waals surface area (Å²) in [5.74, 6) is 0.655. The highest BCUT2D eigenvalue weighted by atomic mass is 16.5. The van der Waals surface area contributed by atoms with Crippen LogP contribution in [0.15, 0.2) is 30.3 Å². The Labute approximate surface area is 171 Å². The number of fused-ring (bicyclic) bond motifs is 2. The lowest BCUT2D eigenvalue weighted by atomic mass is 9.63. The summed E-state index contributed by atoms with van der Waals surface area (Å²) in [7, 11) is 1.70. The number of aryl methyl sites for hydroxylation is 1. The number of aromatic carboxylic acids is 1. The largest absolute Gasteiger partial charge is 0.495 e. The highest BCUT2D eigenvalue weighted by Gasteiger charge is 2.38. The van der Waals surface area contributed by atoms with Crippen molar-refractivity contribution in [3.8, 4) is 11.4 Å². The number of aromatic nitrogens is 2. The molecule has 1 aliphatic carbocycles. The van der Waals surface area contributed by atoms with E-state index in [1.807, 2.05) is 13.0 Å². The second kappa shape index (κ2) is 6.34. The normalized spacial score (nSPS) is 17.2. The van der Waals surface area contributed by atoms with E-state index in [4.69, 9.17) is 4.74 Å². The minimum atomic E-state index is -0.950. The number of carboxylic acids is 1. The van der Waals surface area contributed by atoms with Crippen LogP contribution in [0.4, 0.5) is 0 Å². The summed E-state index contributed by atoms with van der Waals surface area (Å²) in [6, 6.07) is 9.50. The molecule has 0 radical (unpaired) electrons. The maximum absolute atomic E-state index is 11.3. The maximum atomic E-state index is 11.3. The molecular weight excluding hydrogens is 364 g/mol. The van der Waals surface area contributed by atoms with Crippen molar-refractivity contribution in [2.45, 2.75) is 58.3 Å². The molecule has 1 N–H and O–H groups in total. The van der Waals surface area contributed by atoms with E-state index >= 15 is 0 Å². The highest BCUT2D eigenvalue weighted by Crippen LogP contribution is 2.48. The van der Waals surface area contributed by atoms with Gasteiger partial charge in [-0.05, 0) is 72.1 Å². The molecule has 0 saturated carbocycles. The van der Waals surface area contributed by atoms with Crippen LogP contribution in [0.3, 0.4) is 0 Å². The predicted octanol–water partition coefficient (Wildman–Crippen LogP) is 5.39. The molecule has 3 aromatic rings. The molecule has 1 aromatic heterocycles. The second-order valence-corrected chi connectivity index (χ2v) is 9.34. The lowest BCUT2D eigenvalue weighted by Crippen LogP contribution is -2.34. The molecule has 1 aliphatic rings. The molecule has 29 heavy (non-hydrogen) atoms. The molecule has 5 heteroatoms. The average Bonchev–Trinajstić information content (AvgIpc) is 2.99. The standard InChI is InChI=1S/C24H28N2O3/c1-14-25-18-11-15(22(27)28)7-8-19(18)26(14)20-12-16-17(13-21(20)29-6)24(4,5)10-9-23(16,2)3/h7-8,11-13H,9-10H2,1-6H3,(H,27,28). The Balaban J connectivity index is 2.01. The van der Waals surface area contributed by atoms with Crippen LogP contribution >= 0.6 is 0 Å². The van der Waals surface area contributed by atoms with Gasteiger partial charge in [0.15, 0.2) is 0 Å². The van der Waals surface area contributed by atoms with E-state index in [2.05, 4.69) is 49.4 Å². The first-order valence-electron chi connectivity index (χ1n) is 10.0. The Hall–Kier alpha value is -2.82. The third-order valence-corrected chi connectivity index (χ3v) is 6.46. The van der Waals surface area contributed by atoms with Crippen molar-refractivity contribution < 1.29 is 14.6 Å². The summed E-state index contributed by atoms with van der Waals surface area (Å²) in [6.07, 6.45) is 2.27. The smallest absolute Gasteiger partial charge is 0.335 e. The van der Waals surface area contributed by atoms with Gasteiger partial charge in [0.25, 0.3) is 0 Å². The topological polar surface area (TPSA) is 64.4 Å². The van der Waals surface area contributed by atoms with Gasteiger partial charge in [0.05, 0.1) is 29.4 Å². The minimum absolute atomic E-state index is 0.0760. The number of rotatable bonds is 3. The fraction of sp³-hybridized carbons (Fsp3) is 0.417. The van der Waals surface area contributed by atoms with Crippen molar-refractivity contribution in [1.82, 2.24) is 9.55 Å². The van der Waals surface area contributed by atoms with E-state index < -0.39 is 5.97 Å². The molecule has 5 nitrogen and oxygen atoms in total. The van der Waals surface area contributed by atoms with Crippen molar-refractivity contribution in [2.75, 3.05) is 7.11 Å². The monoisotopic (exact) mass is 392 g/mol. The molecule has 0 aliphatic heterocycles. The van der Waals surface area contributed by atoms with Crippen LogP contribution in [0.1, 0.15) is 67.8 Å². The van der Waals surface area contributed by atoms with Crippen molar-refractivity contribution in [3.63, 3.8) is 0 Å². The zero-order valence-corrected chi connectivity index (χ0v) is 18.0. The summed E-state index contributed by atoms with van der Waals surface area (Å²) in [5.41, 5.74) is 5.58. The molecular formula is C24H28N2O3. The number of carboxylic acid groups (broad SMARTS) is 1. The summed E-state index contributed by atoms with van der Waals surface area (Å²) in [6.45, 7) is 11.1. The zero-order chi connectivity index (χ0) is 21.1. The van der Waals surface area contributed by atoms with Crippen molar-refractivity contribution in [3.05, 3.63) is 52.8 Å². The molecule has 0 atom stereocenters. The summed E-state index contributed by atoms with van der Waals surface area (Å²) >= 11 is 0. The molecule has 0 spiro atoms. The molecule has 152 valence electrons. The van der Waals surface area contributed by atoms with Gasteiger partial charge in [-0.15, -0.1) is 0 Å². The number of ether oxygens (including phenoxy) is 1. The fourth-order valence-corrected chi connectivity index (χ4v) is 4.56. The average molecular weight is 392 g/mol. The third-order valence-electron chi connectivity index (χ3n) is 6.46.